The van der Waals surface area contributed by atoms with E-state index in [0.717, 1.165) is 23.1 Å². The highest BCUT2D eigenvalue weighted by Gasteiger charge is 2.38. The Kier molecular flexibility index (Phi) is 16.5. The van der Waals surface area contributed by atoms with E-state index in [2.05, 4.69) is 43.3 Å². The highest BCUT2D eigenvalue weighted by molar-refractivity contribution is 5.47. The molecule has 0 spiro atoms. The number of unbranched alkanes of at least 4 members (excludes halogenated alkanes) is 13. The minimum atomic E-state index is -0.820. The standard InChI is InChI=1S/C38H54O3/c1-2-3-4-5-6-7-8-9-10-11-12-13-14-24-31-40-32-37(39)33-41-38(34-25-18-15-19-26-34,35-27-20-16-21-28-35)36-29-22-17-23-30-36/h15-23,25-30,37,39H,2-14,24,31-33H2,1H3. The largest absolute Gasteiger partial charge is 0.388 e. The zero-order valence-electron chi connectivity index (χ0n) is 25.5. The third-order valence-electron chi connectivity index (χ3n) is 7.99. The Balaban J connectivity index is 1.36. The lowest BCUT2D eigenvalue weighted by atomic mass is 9.80. The van der Waals surface area contributed by atoms with Crippen LogP contribution in [0.1, 0.15) is 114 Å². The average molecular weight is 559 g/mol. The molecular weight excluding hydrogens is 504 g/mol. The van der Waals surface area contributed by atoms with E-state index in [1.54, 1.807) is 0 Å². The first-order valence-corrected chi connectivity index (χ1v) is 16.3. The topological polar surface area (TPSA) is 38.7 Å². The number of benzene rings is 3. The molecule has 224 valence electrons. The fraction of sp³-hybridized carbons (Fsp3) is 0.526. The van der Waals surface area contributed by atoms with Crippen molar-refractivity contribution in [3.63, 3.8) is 0 Å². The summed E-state index contributed by atoms with van der Waals surface area (Å²) in [5.74, 6) is 0. The third kappa shape index (κ3) is 11.7. The van der Waals surface area contributed by atoms with Crippen LogP contribution in [0.3, 0.4) is 0 Å². The SMILES string of the molecule is CCCCCCCCCCCCCCCCOCC(O)COC(c1ccccc1)(c1ccccc1)c1ccccc1. The van der Waals surface area contributed by atoms with Gasteiger partial charge in [-0.25, -0.2) is 0 Å². The zero-order valence-corrected chi connectivity index (χ0v) is 25.5. The van der Waals surface area contributed by atoms with E-state index < -0.39 is 11.7 Å². The summed E-state index contributed by atoms with van der Waals surface area (Å²) in [7, 11) is 0. The van der Waals surface area contributed by atoms with E-state index in [9.17, 15) is 5.11 Å². The maximum absolute atomic E-state index is 10.8. The second-order valence-electron chi connectivity index (χ2n) is 11.4. The summed E-state index contributed by atoms with van der Waals surface area (Å²) < 4.78 is 12.6. The molecule has 0 heterocycles. The van der Waals surface area contributed by atoms with Crippen molar-refractivity contribution in [2.75, 3.05) is 19.8 Å². The first-order valence-electron chi connectivity index (χ1n) is 16.3. The van der Waals surface area contributed by atoms with Gasteiger partial charge in [0.25, 0.3) is 0 Å². The van der Waals surface area contributed by atoms with Crippen molar-refractivity contribution in [3.8, 4) is 0 Å². The third-order valence-corrected chi connectivity index (χ3v) is 7.99. The molecule has 0 aliphatic heterocycles. The molecule has 3 rings (SSSR count). The second kappa shape index (κ2) is 20.4. The number of aliphatic hydroxyl groups excluding tert-OH is 1. The van der Waals surface area contributed by atoms with Gasteiger partial charge in [-0.05, 0) is 23.1 Å². The van der Waals surface area contributed by atoms with Crippen LogP contribution in [-0.4, -0.2) is 31.0 Å². The van der Waals surface area contributed by atoms with Gasteiger partial charge < -0.3 is 14.6 Å². The van der Waals surface area contributed by atoms with Crippen LogP contribution in [0.25, 0.3) is 0 Å². The van der Waals surface area contributed by atoms with Crippen molar-refractivity contribution in [2.45, 2.75) is 109 Å². The molecule has 1 atom stereocenters. The Morgan fingerprint density at radius 2 is 0.878 bits per heavy atom. The summed E-state index contributed by atoms with van der Waals surface area (Å²) in [6, 6.07) is 30.9. The monoisotopic (exact) mass is 558 g/mol. The van der Waals surface area contributed by atoms with Crippen LogP contribution < -0.4 is 0 Å². The van der Waals surface area contributed by atoms with Crippen molar-refractivity contribution in [2.24, 2.45) is 0 Å². The maximum atomic E-state index is 10.8. The molecule has 0 fully saturated rings. The first kappa shape index (κ1) is 33.0. The van der Waals surface area contributed by atoms with E-state index in [-0.39, 0.29) is 13.2 Å². The number of hydrogen-bond acceptors (Lipinski definition) is 3. The quantitative estimate of drug-likeness (QED) is 0.0930. The van der Waals surface area contributed by atoms with E-state index in [1.807, 2.05) is 54.6 Å². The molecule has 3 aromatic rings. The van der Waals surface area contributed by atoms with Crippen molar-refractivity contribution in [1.82, 2.24) is 0 Å². The highest BCUT2D eigenvalue weighted by atomic mass is 16.5. The number of rotatable bonds is 23. The molecule has 0 bridgehead atoms. The molecule has 0 saturated heterocycles. The highest BCUT2D eigenvalue weighted by Crippen LogP contribution is 2.40. The van der Waals surface area contributed by atoms with Gasteiger partial charge in [-0.2, -0.15) is 0 Å². The van der Waals surface area contributed by atoms with Gasteiger partial charge in [0.2, 0.25) is 0 Å². The van der Waals surface area contributed by atoms with Crippen LogP contribution in [0.5, 0.6) is 0 Å². The van der Waals surface area contributed by atoms with Gasteiger partial charge in [0.1, 0.15) is 11.7 Å². The molecule has 0 aromatic heterocycles. The number of aliphatic hydroxyl groups is 1. The van der Waals surface area contributed by atoms with Crippen LogP contribution >= 0.6 is 0 Å². The predicted molar refractivity (Wildman–Crippen MR) is 172 cm³/mol. The van der Waals surface area contributed by atoms with Crippen LogP contribution in [-0.2, 0) is 15.1 Å². The Morgan fingerprint density at radius 1 is 0.512 bits per heavy atom. The van der Waals surface area contributed by atoms with Gasteiger partial charge in [-0.15, -0.1) is 0 Å². The van der Waals surface area contributed by atoms with Crippen LogP contribution in [0.15, 0.2) is 91.0 Å². The van der Waals surface area contributed by atoms with Gasteiger partial charge in [0.05, 0.1) is 13.2 Å². The molecule has 0 saturated carbocycles. The Hall–Kier alpha value is -2.46. The van der Waals surface area contributed by atoms with Gasteiger partial charge in [0, 0.05) is 6.61 Å². The van der Waals surface area contributed by atoms with Crippen LogP contribution in [0, 0.1) is 0 Å². The van der Waals surface area contributed by atoms with Crippen molar-refractivity contribution >= 4 is 0 Å². The summed E-state index contributed by atoms with van der Waals surface area (Å²) in [5.41, 5.74) is 2.29. The molecule has 3 aromatic carbocycles. The van der Waals surface area contributed by atoms with E-state index in [1.165, 1.54) is 83.5 Å². The molecule has 3 heteroatoms. The summed E-state index contributed by atoms with van der Waals surface area (Å²) in [5, 5.41) is 10.8. The first-order chi connectivity index (χ1) is 20.3. The molecule has 0 radical (unpaired) electrons. The molecular formula is C38H54O3. The molecule has 0 aliphatic rings. The number of ether oxygens (including phenoxy) is 2. The average Bonchev–Trinajstić information content (AvgIpc) is 3.03. The summed E-state index contributed by atoms with van der Waals surface area (Å²) in [6.07, 6.45) is 18.1. The minimum absolute atomic E-state index is 0.178. The lowest BCUT2D eigenvalue weighted by molar-refractivity contribution is -0.0641. The van der Waals surface area contributed by atoms with E-state index in [0.29, 0.717) is 6.61 Å². The number of hydrogen-bond donors (Lipinski definition) is 1. The lowest BCUT2D eigenvalue weighted by Crippen LogP contribution is -2.36. The molecule has 0 aliphatic carbocycles. The maximum Gasteiger partial charge on any atom is 0.143 e. The van der Waals surface area contributed by atoms with E-state index >= 15 is 0 Å². The van der Waals surface area contributed by atoms with Gasteiger partial charge in [-0.3, -0.25) is 0 Å². The predicted octanol–water partition coefficient (Wildman–Crippen LogP) is 9.85. The Bertz CT molecular complexity index is 909. The van der Waals surface area contributed by atoms with Crippen LogP contribution in [0.2, 0.25) is 0 Å². The molecule has 1 N–H and O–H groups in total. The van der Waals surface area contributed by atoms with Gasteiger partial charge in [-0.1, -0.05) is 181 Å². The smallest absolute Gasteiger partial charge is 0.143 e. The summed E-state index contributed by atoms with van der Waals surface area (Å²) in [4.78, 5) is 0. The fourth-order valence-corrected chi connectivity index (χ4v) is 5.66. The van der Waals surface area contributed by atoms with E-state index in [4.69, 9.17) is 9.47 Å². The zero-order chi connectivity index (χ0) is 28.9. The normalized spacial score (nSPS) is 12.4. The molecule has 1 unspecified atom stereocenters. The molecule has 0 amide bonds. The van der Waals surface area contributed by atoms with Crippen LogP contribution in [0.4, 0.5) is 0 Å². The fourth-order valence-electron chi connectivity index (χ4n) is 5.66. The lowest BCUT2D eigenvalue weighted by Gasteiger charge is -2.36. The second-order valence-corrected chi connectivity index (χ2v) is 11.4. The molecule has 3 nitrogen and oxygen atoms in total. The van der Waals surface area contributed by atoms with Crippen molar-refractivity contribution in [3.05, 3.63) is 108 Å². The minimum Gasteiger partial charge on any atom is -0.388 e. The van der Waals surface area contributed by atoms with Gasteiger partial charge >= 0.3 is 0 Å². The van der Waals surface area contributed by atoms with Gasteiger partial charge in [0.15, 0.2) is 0 Å². The Morgan fingerprint density at radius 3 is 1.27 bits per heavy atom. The molecule has 41 heavy (non-hydrogen) atoms. The Labute approximate surface area is 250 Å². The summed E-state index contributed by atoms with van der Waals surface area (Å²) >= 11 is 0. The summed E-state index contributed by atoms with van der Waals surface area (Å²) in [6.45, 7) is 3.44. The van der Waals surface area contributed by atoms with Crippen molar-refractivity contribution < 1.29 is 14.6 Å². The van der Waals surface area contributed by atoms with Crippen molar-refractivity contribution in [1.29, 1.82) is 0 Å².